The number of hydrogen-bond acceptors (Lipinski definition) is 4. The number of nitrogens with zero attached hydrogens (tertiary/aromatic N) is 3. The Labute approximate surface area is 176 Å². The van der Waals surface area contributed by atoms with Crippen LogP contribution in [0.2, 0.25) is 5.02 Å². The monoisotopic (exact) mass is 464 g/mol. The molecule has 0 aliphatic carbocycles. The molecule has 1 aromatic carbocycles. The third kappa shape index (κ3) is 5.32. The number of imidazole rings is 1. The molecule has 1 fully saturated rings. The molecule has 0 atom stereocenters. The van der Waals surface area contributed by atoms with Gasteiger partial charge >= 0.3 is 6.18 Å². The number of likely N-dealkylation sites (tertiary alicyclic amines) is 1. The Bertz CT molecular complexity index is 989. The number of hydrogen-bond donors (Lipinski definition) is 1. The zero-order valence-corrected chi connectivity index (χ0v) is 17.3. The predicted octanol–water partition coefficient (Wildman–Crippen LogP) is 3.09. The summed E-state index contributed by atoms with van der Waals surface area (Å²) in [7, 11) is -4.21. The Balaban J connectivity index is 1.53. The maximum atomic E-state index is 12.9. The molecule has 164 valence electrons. The molecular weight excluding hydrogens is 445 g/mol. The number of nitrogens with one attached hydrogen (secondary N) is 1. The molecule has 2 heterocycles. The van der Waals surface area contributed by atoms with Crippen molar-refractivity contribution in [2.75, 3.05) is 19.6 Å². The molecule has 30 heavy (non-hydrogen) atoms. The van der Waals surface area contributed by atoms with Crippen LogP contribution in [0.4, 0.5) is 13.2 Å². The molecule has 0 unspecified atom stereocenters. The van der Waals surface area contributed by atoms with Gasteiger partial charge < -0.3 is 9.47 Å². The van der Waals surface area contributed by atoms with Gasteiger partial charge in [-0.05, 0) is 31.0 Å². The minimum absolute atomic E-state index is 0.0886. The average molecular weight is 465 g/mol. The Hall–Kier alpha value is -2.11. The van der Waals surface area contributed by atoms with Crippen LogP contribution in [0.5, 0.6) is 0 Å². The third-order valence-corrected chi connectivity index (χ3v) is 6.74. The summed E-state index contributed by atoms with van der Waals surface area (Å²) >= 11 is 5.52. The van der Waals surface area contributed by atoms with Gasteiger partial charge in [-0.2, -0.15) is 13.2 Å². The molecular formula is C18H20ClF3N4O3S. The van der Waals surface area contributed by atoms with Crippen molar-refractivity contribution >= 4 is 27.5 Å². The molecule has 0 saturated carbocycles. The quantitative estimate of drug-likeness (QED) is 0.712. The molecule has 0 bridgehead atoms. The lowest BCUT2D eigenvalue weighted by Gasteiger charge is -2.32. The summed E-state index contributed by atoms with van der Waals surface area (Å²) in [6.45, 7) is 0.869. The minimum Gasteiger partial charge on any atom is -0.343 e. The standard InChI is InChI=1S/C18H20ClF3N4O3S/c19-16-2-1-14(11-15(16)18(20,21)22)30(28,29)24-6-3-17(27)25-8-4-13(5-9-25)26-10-7-23-12-26/h1-2,7,10-13,24H,3-6,8-9H2. The first-order valence-corrected chi connectivity index (χ1v) is 11.1. The molecule has 1 aliphatic heterocycles. The summed E-state index contributed by atoms with van der Waals surface area (Å²) in [5, 5.41) is -0.587. The van der Waals surface area contributed by atoms with Crippen molar-refractivity contribution in [2.24, 2.45) is 0 Å². The predicted molar refractivity (Wildman–Crippen MR) is 103 cm³/mol. The second-order valence-corrected chi connectivity index (χ2v) is 9.08. The molecule has 1 N–H and O–H groups in total. The van der Waals surface area contributed by atoms with E-state index in [4.69, 9.17) is 11.6 Å². The molecule has 1 aliphatic rings. The molecule has 2 aromatic rings. The molecule has 7 nitrogen and oxygen atoms in total. The maximum absolute atomic E-state index is 12.9. The number of amides is 1. The van der Waals surface area contributed by atoms with E-state index in [0.717, 1.165) is 25.0 Å². The van der Waals surface area contributed by atoms with Crippen LogP contribution in [0.3, 0.4) is 0 Å². The van der Waals surface area contributed by atoms with Gasteiger partial charge in [-0.15, -0.1) is 0 Å². The number of carbonyl (C=O) groups is 1. The van der Waals surface area contributed by atoms with Crippen LogP contribution in [0, 0.1) is 0 Å². The van der Waals surface area contributed by atoms with Crippen molar-refractivity contribution in [2.45, 2.75) is 36.4 Å². The molecule has 3 rings (SSSR count). The topological polar surface area (TPSA) is 84.3 Å². The molecule has 1 saturated heterocycles. The fourth-order valence-corrected chi connectivity index (χ4v) is 4.60. The van der Waals surface area contributed by atoms with Gasteiger partial charge in [-0.3, -0.25) is 4.79 Å². The van der Waals surface area contributed by atoms with Gasteiger partial charge in [0.2, 0.25) is 15.9 Å². The number of rotatable bonds is 6. The maximum Gasteiger partial charge on any atom is 0.417 e. The Kier molecular flexibility index (Phi) is 6.73. The van der Waals surface area contributed by atoms with E-state index < -0.39 is 31.7 Å². The molecule has 1 amide bonds. The van der Waals surface area contributed by atoms with Gasteiger partial charge in [0.15, 0.2) is 0 Å². The van der Waals surface area contributed by atoms with Crippen molar-refractivity contribution in [3.8, 4) is 0 Å². The van der Waals surface area contributed by atoms with Crippen molar-refractivity contribution in [1.82, 2.24) is 19.2 Å². The van der Waals surface area contributed by atoms with E-state index in [1.165, 1.54) is 0 Å². The number of benzene rings is 1. The average Bonchev–Trinajstić information content (AvgIpc) is 3.22. The summed E-state index contributed by atoms with van der Waals surface area (Å²) in [4.78, 5) is 17.5. The van der Waals surface area contributed by atoms with Gasteiger partial charge in [0.05, 0.1) is 21.8 Å². The highest BCUT2D eigenvalue weighted by Gasteiger charge is 2.34. The first kappa shape index (κ1) is 22.6. The number of aromatic nitrogens is 2. The second-order valence-electron chi connectivity index (χ2n) is 6.91. The Morgan fingerprint density at radius 2 is 1.97 bits per heavy atom. The van der Waals surface area contributed by atoms with Crippen molar-refractivity contribution in [3.05, 3.63) is 47.5 Å². The highest BCUT2D eigenvalue weighted by atomic mass is 35.5. The summed E-state index contributed by atoms with van der Waals surface area (Å²) in [5.41, 5.74) is -1.23. The van der Waals surface area contributed by atoms with Gasteiger partial charge in [0, 0.05) is 44.5 Å². The van der Waals surface area contributed by atoms with Crippen LogP contribution >= 0.6 is 11.6 Å². The van der Waals surface area contributed by atoms with Crippen molar-refractivity contribution in [1.29, 1.82) is 0 Å². The smallest absolute Gasteiger partial charge is 0.343 e. The summed E-state index contributed by atoms with van der Waals surface area (Å²) in [6.07, 6.45) is 1.96. The number of alkyl halides is 3. The lowest BCUT2D eigenvalue weighted by molar-refractivity contribution is -0.137. The van der Waals surface area contributed by atoms with E-state index in [-0.39, 0.29) is 24.9 Å². The van der Waals surface area contributed by atoms with E-state index >= 15 is 0 Å². The lowest BCUT2D eigenvalue weighted by atomic mass is 10.0. The van der Waals surface area contributed by atoms with Crippen LogP contribution < -0.4 is 4.72 Å². The second kappa shape index (κ2) is 8.94. The fraction of sp³-hybridized carbons (Fsp3) is 0.444. The van der Waals surface area contributed by atoms with E-state index in [0.29, 0.717) is 19.2 Å². The SMILES string of the molecule is O=C(CCNS(=O)(=O)c1ccc(Cl)c(C(F)(F)F)c1)N1CCC(n2ccnc2)CC1. The first-order chi connectivity index (χ1) is 14.1. The number of halogens is 4. The summed E-state index contributed by atoms with van der Waals surface area (Å²) in [5.74, 6) is -0.214. The van der Waals surface area contributed by atoms with Crippen LogP contribution in [-0.4, -0.2) is 48.4 Å². The van der Waals surface area contributed by atoms with Crippen molar-refractivity contribution < 1.29 is 26.4 Å². The minimum atomic E-state index is -4.78. The van der Waals surface area contributed by atoms with Gasteiger partial charge in [0.1, 0.15) is 0 Å². The van der Waals surface area contributed by atoms with Crippen LogP contribution in [0.25, 0.3) is 0 Å². The van der Waals surface area contributed by atoms with Gasteiger partial charge in [-0.25, -0.2) is 18.1 Å². The van der Waals surface area contributed by atoms with E-state index in [2.05, 4.69) is 9.71 Å². The van der Waals surface area contributed by atoms with Crippen LogP contribution in [0.15, 0.2) is 41.8 Å². The van der Waals surface area contributed by atoms with E-state index in [1.807, 2.05) is 10.8 Å². The lowest BCUT2D eigenvalue weighted by Crippen LogP contribution is -2.40. The molecule has 1 aromatic heterocycles. The van der Waals surface area contributed by atoms with Gasteiger partial charge in [0.25, 0.3) is 0 Å². The molecule has 12 heteroatoms. The Morgan fingerprint density at radius 1 is 1.27 bits per heavy atom. The van der Waals surface area contributed by atoms with Crippen LogP contribution in [-0.2, 0) is 21.0 Å². The van der Waals surface area contributed by atoms with E-state index in [1.54, 1.807) is 17.4 Å². The highest BCUT2D eigenvalue weighted by molar-refractivity contribution is 7.89. The zero-order chi connectivity index (χ0) is 21.9. The molecule has 0 radical (unpaired) electrons. The first-order valence-electron chi connectivity index (χ1n) is 9.19. The summed E-state index contributed by atoms with van der Waals surface area (Å²) in [6, 6.07) is 2.62. The normalized spacial score (nSPS) is 16.1. The zero-order valence-electron chi connectivity index (χ0n) is 15.8. The van der Waals surface area contributed by atoms with Crippen molar-refractivity contribution in [3.63, 3.8) is 0 Å². The highest BCUT2D eigenvalue weighted by Crippen LogP contribution is 2.35. The fourth-order valence-electron chi connectivity index (χ4n) is 3.32. The summed E-state index contributed by atoms with van der Waals surface area (Å²) < 4.78 is 67.6. The number of piperidine rings is 1. The third-order valence-electron chi connectivity index (χ3n) is 4.95. The molecule has 0 spiro atoms. The van der Waals surface area contributed by atoms with Crippen LogP contribution in [0.1, 0.15) is 30.9 Å². The number of sulfonamides is 1. The van der Waals surface area contributed by atoms with E-state index in [9.17, 15) is 26.4 Å². The largest absolute Gasteiger partial charge is 0.417 e. The van der Waals surface area contributed by atoms with Gasteiger partial charge in [-0.1, -0.05) is 11.6 Å². The number of carbonyl (C=O) groups excluding carboxylic acids is 1. The Morgan fingerprint density at radius 3 is 2.57 bits per heavy atom.